The Kier molecular flexibility index (Phi) is 5.88. The lowest BCUT2D eigenvalue weighted by atomic mass is 10.0. The molecule has 2 N–H and O–H groups in total. The number of benzene rings is 2. The average Bonchev–Trinajstić information content (AvgIpc) is 2.49. The van der Waals surface area contributed by atoms with Gasteiger partial charge in [-0.3, -0.25) is 0 Å². The minimum Gasteiger partial charge on any atom is -0.483 e. The van der Waals surface area contributed by atoms with Crippen molar-refractivity contribution in [1.29, 1.82) is 0 Å². The summed E-state index contributed by atoms with van der Waals surface area (Å²) in [5, 5.41) is 14.2. The zero-order valence-electron chi connectivity index (χ0n) is 11.6. The van der Waals surface area contributed by atoms with Crippen LogP contribution < -0.4 is 10.1 Å². The molecular weight excluding hydrogens is 309 g/mol. The molecule has 2 aromatic rings. The topological polar surface area (TPSA) is 41.5 Å². The molecule has 112 valence electrons. The summed E-state index contributed by atoms with van der Waals surface area (Å²) in [4.78, 5) is 0. The van der Waals surface area contributed by atoms with Crippen LogP contribution in [0.2, 0.25) is 10.0 Å². The molecule has 2 atom stereocenters. The lowest BCUT2D eigenvalue weighted by molar-refractivity contribution is 0.0369. The third-order valence-corrected chi connectivity index (χ3v) is 3.78. The Labute approximate surface area is 134 Å². The van der Waals surface area contributed by atoms with Gasteiger partial charge in [-0.2, -0.15) is 0 Å². The van der Waals surface area contributed by atoms with Crippen molar-refractivity contribution in [2.75, 3.05) is 13.6 Å². The van der Waals surface area contributed by atoms with Gasteiger partial charge in [-0.25, -0.2) is 0 Å². The van der Waals surface area contributed by atoms with E-state index in [-0.39, 0.29) is 0 Å². The summed E-state index contributed by atoms with van der Waals surface area (Å²) in [7, 11) is 1.78. The van der Waals surface area contributed by atoms with Crippen molar-refractivity contribution in [3.05, 3.63) is 64.1 Å². The number of hydrogen-bond acceptors (Lipinski definition) is 3. The van der Waals surface area contributed by atoms with E-state index in [2.05, 4.69) is 5.32 Å². The van der Waals surface area contributed by atoms with E-state index in [0.717, 1.165) is 5.56 Å². The van der Waals surface area contributed by atoms with Crippen molar-refractivity contribution >= 4 is 23.2 Å². The third-order valence-electron chi connectivity index (χ3n) is 3.04. The predicted molar refractivity (Wildman–Crippen MR) is 86.2 cm³/mol. The zero-order valence-corrected chi connectivity index (χ0v) is 13.1. The highest BCUT2D eigenvalue weighted by Crippen LogP contribution is 2.30. The van der Waals surface area contributed by atoms with Crippen LogP contribution in [0.25, 0.3) is 0 Å². The fourth-order valence-electron chi connectivity index (χ4n) is 2.02. The van der Waals surface area contributed by atoms with Crippen LogP contribution in [0.15, 0.2) is 48.5 Å². The standard InChI is InChI=1S/C16H17Cl2NO2/c1-19-10-15(20)16(21-12-5-3-2-4-6-12)11-7-8-13(17)14(18)9-11/h2-9,15-16,19-20H,10H2,1H3. The Bertz CT molecular complexity index is 578. The fraction of sp³-hybridized carbons (Fsp3) is 0.250. The molecule has 0 saturated carbocycles. The van der Waals surface area contributed by atoms with Crippen molar-refractivity contribution in [3.8, 4) is 5.75 Å². The average molecular weight is 326 g/mol. The Hall–Kier alpha value is -1.26. The maximum Gasteiger partial charge on any atom is 0.151 e. The van der Waals surface area contributed by atoms with Crippen molar-refractivity contribution < 1.29 is 9.84 Å². The van der Waals surface area contributed by atoms with Gasteiger partial charge in [-0.15, -0.1) is 0 Å². The van der Waals surface area contributed by atoms with E-state index >= 15 is 0 Å². The molecule has 2 rings (SSSR count). The molecule has 0 saturated heterocycles. The molecule has 2 unspecified atom stereocenters. The van der Waals surface area contributed by atoms with Gasteiger partial charge in [0.15, 0.2) is 6.10 Å². The molecule has 0 aliphatic heterocycles. The lowest BCUT2D eigenvalue weighted by Crippen LogP contribution is -2.32. The quantitative estimate of drug-likeness (QED) is 0.851. The first-order valence-electron chi connectivity index (χ1n) is 6.61. The van der Waals surface area contributed by atoms with E-state index < -0.39 is 12.2 Å². The first kappa shape index (κ1) is 16.1. The van der Waals surface area contributed by atoms with E-state index in [9.17, 15) is 5.11 Å². The number of aliphatic hydroxyl groups is 1. The third kappa shape index (κ3) is 4.35. The fourth-order valence-corrected chi connectivity index (χ4v) is 2.33. The number of para-hydroxylation sites is 1. The van der Waals surface area contributed by atoms with Crippen molar-refractivity contribution in [3.63, 3.8) is 0 Å². The van der Waals surface area contributed by atoms with Crippen LogP contribution in [0.4, 0.5) is 0 Å². The molecule has 0 bridgehead atoms. The first-order chi connectivity index (χ1) is 10.1. The summed E-state index contributed by atoms with van der Waals surface area (Å²) in [5.74, 6) is 0.684. The van der Waals surface area contributed by atoms with E-state index in [0.29, 0.717) is 22.3 Å². The van der Waals surface area contributed by atoms with Crippen LogP contribution in [0.1, 0.15) is 11.7 Å². The molecule has 0 heterocycles. The van der Waals surface area contributed by atoms with Crippen LogP contribution in [0, 0.1) is 0 Å². The van der Waals surface area contributed by atoms with E-state index in [1.165, 1.54) is 0 Å². The van der Waals surface area contributed by atoms with Gasteiger partial charge in [0.25, 0.3) is 0 Å². The molecule has 2 aromatic carbocycles. The largest absolute Gasteiger partial charge is 0.483 e. The molecule has 0 spiro atoms. The molecule has 0 fully saturated rings. The second kappa shape index (κ2) is 7.66. The minimum atomic E-state index is -0.715. The van der Waals surface area contributed by atoms with Gasteiger partial charge < -0.3 is 15.2 Å². The predicted octanol–water partition coefficient (Wildman–Crippen LogP) is 3.69. The van der Waals surface area contributed by atoms with Gasteiger partial charge in [0.2, 0.25) is 0 Å². The van der Waals surface area contributed by atoms with Gasteiger partial charge in [-0.1, -0.05) is 47.5 Å². The van der Waals surface area contributed by atoms with Gasteiger partial charge in [0.1, 0.15) is 11.9 Å². The first-order valence-corrected chi connectivity index (χ1v) is 7.36. The molecular formula is C16H17Cl2NO2. The number of hydrogen-bond donors (Lipinski definition) is 2. The second-order valence-electron chi connectivity index (χ2n) is 4.65. The van der Waals surface area contributed by atoms with Gasteiger partial charge in [0, 0.05) is 6.54 Å². The SMILES string of the molecule is CNCC(O)C(Oc1ccccc1)c1ccc(Cl)c(Cl)c1. The van der Waals surface area contributed by atoms with Gasteiger partial charge in [-0.05, 0) is 36.9 Å². The van der Waals surface area contributed by atoms with Crippen molar-refractivity contribution in [2.45, 2.75) is 12.2 Å². The molecule has 0 aliphatic rings. The van der Waals surface area contributed by atoms with Crippen LogP contribution in [-0.2, 0) is 0 Å². The van der Waals surface area contributed by atoms with Crippen molar-refractivity contribution in [1.82, 2.24) is 5.32 Å². The van der Waals surface area contributed by atoms with Crippen LogP contribution >= 0.6 is 23.2 Å². The number of nitrogens with one attached hydrogen (secondary N) is 1. The Morgan fingerprint density at radius 2 is 1.81 bits per heavy atom. The van der Waals surface area contributed by atoms with Crippen LogP contribution in [0.5, 0.6) is 5.75 Å². The summed E-state index contributed by atoms with van der Waals surface area (Å²) in [6.07, 6.45) is -1.25. The van der Waals surface area contributed by atoms with E-state index in [1.54, 1.807) is 25.2 Å². The molecule has 3 nitrogen and oxygen atoms in total. The van der Waals surface area contributed by atoms with E-state index in [1.807, 2.05) is 30.3 Å². The zero-order chi connectivity index (χ0) is 15.2. The van der Waals surface area contributed by atoms with Crippen LogP contribution in [0.3, 0.4) is 0 Å². The molecule has 0 aromatic heterocycles. The van der Waals surface area contributed by atoms with Gasteiger partial charge >= 0.3 is 0 Å². The summed E-state index contributed by atoms with van der Waals surface area (Å²) in [5.41, 5.74) is 0.774. The maximum atomic E-state index is 10.3. The number of halogens is 2. The maximum absolute atomic E-state index is 10.3. The van der Waals surface area contributed by atoms with Crippen LogP contribution in [-0.4, -0.2) is 24.8 Å². The number of rotatable bonds is 6. The second-order valence-corrected chi connectivity index (χ2v) is 5.46. The molecule has 21 heavy (non-hydrogen) atoms. The van der Waals surface area contributed by atoms with Gasteiger partial charge in [0.05, 0.1) is 10.0 Å². The molecule has 0 aliphatic carbocycles. The number of aliphatic hydroxyl groups excluding tert-OH is 1. The Balaban J connectivity index is 2.28. The number of likely N-dealkylation sites (N-methyl/N-ethyl adjacent to an activating group) is 1. The summed E-state index contributed by atoms with van der Waals surface area (Å²) >= 11 is 12.0. The molecule has 0 amide bonds. The normalized spacial score (nSPS) is 13.7. The number of ether oxygens (including phenoxy) is 1. The summed E-state index contributed by atoms with van der Waals surface area (Å²) in [6.45, 7) is 0.401. The molecule has 5 heteroatoms. The minimum absolute atomic E-state index is 0.401. The lowest BCUT2D eigenvalue weighted by Gasteiger charge is -2.25. The van der Waals surface area contributed by atoms with Crippen molar-refractivity contribution in [2.24, 2.45) is 0 Å². The Morgan fingerprint density at radius 1 is 1.10 bits per heavy atom. The molecule has 0 radical (unpaired) electrons. The smallest absolute Gasteiger partial charge is 0.151 e. The Morgan fingerprint density at radius 3 is 2.43 bits per heavy atom. The highest BCUT2D eigenvalue weighted by atomic mass is 35.5. The van der Waals surface area contributed by atoms with E-state index in [4.69, 9.17) is 27.9 Å². The summed E-state index contributed by atoms with van der Waals surface area (Å²) in [6, 6.07) is 14.6. The summed E-state index contributed by atoms with van der Waals surface area (Å²) < 4.78 is 5.92. The highest BCUT2D eigenvalue weighted by Gasteiger charge is 2.23. The highest BCUT2D eigenvalue weighted by molar-refractivity contribution is 6.42. The monoisotopic (exact) mass is 325 g/mol.